The van der Waals surface area contributed by atoms with E-state index in [4.69, 9.17) is 4.74 Å². The van der Waals surface area contributed by atoms with Gasteiger partial charge in [-0.3, -0.25) is 0 Å². The maximum atomic E-state index is 12.8. The van der Waals surface area contributed by atoms with Crippen LogP contribution in [0.15, 0.2) is 24.3 Å². The Labute approximate surface area is 104 Å². The number of benzene rings is 1. The van der Waals surface area contributed by atoms with Crippen LogP contribution in [0.5, 0.6) is 5.75 Å². The predicted molar refractivity (Wildman–Crippen MR) is 62.6 cm³/mol. The molecule has 5 heteroatoms. The molecule has 0 spiro atoms. The number of alkyl halides is 3. The monoisotopic (exact) mass is 259 g/mol. The van der Waals surface area contributed by atoms with Gasteiger partial charge in [0.25, 0.3) is 0 Å². The van der Waals surface area contributed by atoms with Crippen LogP contribution in [0.3, 0.4) is 0 Å². The summed E-state index contributed by atoms with van der Waals surface area (Å²) in [7, 11) is 0. The molecule has 1 aliphatic rings. The van der Waals surface area contributed by atoms with Crippen molar-refractivity contribution in [3.63, 3.8) is 0 Å². The number of rotatable bonds is 3. The molecule has 1 aliphatic heterocycles. The Bertz CT molecular complexity index is 399. The summed E-state index contributed by atoms with van der Waals surface area (Å²) in [5.41, 5.74) is -0.713. The second-order valence-electron chi connectivity index (χ2n) is 4.52. The third kappa shape index (κ3) is 2.96. The molecular formula is C13H16F3NO. The lowest BCUT2D eigenvalue weighted by Crippen LogP contribution is -2.36. The fraction of sp³-hybridized carbons (Fsp3) is 0.538. The van der Waals surface area contributed by atoms with E-state index in [1.165, 1.54) is 12.1 Å². The van der Waals surface area contributed by atoms with Gasteiger partial charge in [-0.1, -0.05) is 12.1 Å². The molecule has 100 valence electrons. The van der Waals surface area contributed by atoms with Crippen LogP contribution in [0.4, 0.5) is 13.2 Å². The zero-order valence-corrected chi connectivity index (χ0v) is 10.1. The first kappa shape index (κ1) is 13.2. The highest BCUT2D eigenvalue weighted by Crippen LogP contribution is 2.36. The molecule has 0 aliphatic carbocycles. The molecule has 2 rings (SSSR count). The van der Waals surface area contributed by atoms with Crippen molar-refractivity contribution in [1.82, 2.24) is 5.32 Å². The molecule has 0 saturated carbocycles. The minimum atomic E-state index is -4.38. The standard InChI is InChI=1S/C13H16F3NO/c1-9(11-6-4-8-17-11)18-12-7-3-2-5-10(12)13(14,15)16/h2-3,5,7,9,11,17H,4,6,8H2,1H3. The summed E-state index contributed by atoms with van der Waals surface area (Å²) in [6.07, 6.45) is -2.66. The number of halogens is 3. The number of para-hydroxylation sites is 1. The topological polar surface area (TPSA) is 21.3 Å². The van der Waals surface area contributed by atoms with Gasteiger partial charge in [-0.15, -0.1) is 0 Å². The second-order valence-corrected chi connectivity index (χ2v) is 4.52. The van der Waals surface area contributed by atoms with Gasteiger partial charge < -0.3 is 10.1 Å². The summed E-state index contributed by atoms with van der Waals surface area (Å²) >= 11 is 0. The Morgan fingerprint density at radius 3 is 2.67 bits per heavy atom. The molecule has 1 heterocycles. The molecule has 2 unspecified atom stereocenters. The van der Waals surface area contributed by atoms with Gasteiger partial charge in [-0.05, 0) is 38.4 Å². The molecule has 0 bridgehead atoms. The number of ether oxygens (including phenoxy) is 1. The number of hydrogen-bond acceptors (Lipinski definition) is 2. The predicted octanol–water partition coefficient (Wildman–Crippen LogP) is 3.22. The molecule has 1 fully saturated rings. The van der Waals surface area contributed by atoms with Crippen molar-refractivity contribution in [2.24, 2.45) is 0 Å². The quantitative estimate of drug-likeness (QED) is 0.899. The fourth-order valence-electron chi connectivity index (χ4n) is 2.20. The highest BCUT2D eigenvalue weighted by molar-refractivity contribution is 5.35. The zero-order valence-electron chi connectivity index (χ0n) is 10.1. The molecule has 0 aromatic heterocycles. The van der Waals surface area contributed by atoms with Crippen LogP contribution in [0, 0.1) is 0 Å². The summed E-state index contributed by atoms with van der Waals surface area (Å²) in [6.45, 7) is 2.70. The van der Waals surface area contributed by atoms with Crippen LogP contribution >= 0.6 is 0 Å². The molecule has 2 nitrogen and oxygen atoms in total. The van der Waals surface area contributed by atoms with Crippen LogP contribution in [0.1, 0.15) is 25.3 Å². The highest BCUT2D eigenvalue weighted by Gasteiger charge is 2.35. The fourth-order valence-corrected chi connectivity index (χ4v) is 2.20. The lowest BCUT2D eigenvalue weighted by molar-refractivity contribution is -0.139. The Morgan fingerprint density at radius 1 is 1.33 bits per heavy atom. The maximum absolute atomic E-state index is 12.8. The van der Waals surface area contributed by atoms with Gasteiger partial charge >= 0.3 is 6.18 Å². The van der Waals surface area contributed by atoms with Crippen molar-refractivity contribution in [3.05, 3.63) is 29.8 Å². The average molecular weight is 259 g/mol. The van der Waals surface area contributed by atoms with E-state index in [0.29, 0.717) is 0 Å². The van der Waals surface area contributed by atoms with Gasteiger partial charge in [0.05, 0.1) is 5.56 Å². The summed E-state index contributed by atoms with van der Waals surface area (Å²) in [4.78, 5) is 0. The van der Waals surface area contributed by atoms with E-state index < -0.39 is 11.7 Å². The number of hydrogen-bond donors (Lipinski definition) is 1. The van der Waals surface area contributed by atoms with E-state index in [9.17, 15) is 13.2 Å². The summed E-state index contributed by atoms with van der Waals surface area (Å²) in [6, 6.07) is 5.47. The van der Waals surface area contributed by atoms with E-state index in [1.807, 2.05) is 0 Å². The lowest BCUT2D eigenvalue weighted by Gasteiger charge is -2.23. The minimum Gasteiger partial charge on any atom is -0.488 e. The molecule has 0 radical (unpaired) electrons. The second kappa shape index (κ2) is 5.18. The average Bonchev–Trinajstić information content (AvgIpc) is 2.81. The lowest BCUT2D eigenvalue weighted by atomic mass is 10.1. The Balaban J connectivity index is 2.13. The van der Waals surface area contributed by atoms with E-state index in [1.54, 1.807) is 13.0 Å². The van der Waals surface area contributed by atoms with Crippen molar-refractivity contribution >= 4 is 0 Å². The molecule has 1 N–H and O–H groups in total. The molecule has 0 amide bonds. The largest absolute Gasteiger partial charge is 0.488 e. The van der Waals surface area contributed by atoms with Crippen LogP contribution in [0.2, 0.25) is 0 Å². The maximum Gasteiger partial charge on any atom is 0.419 e. The third-order valence-corrected chi connectivity index (χ3v) is 3.17. The Kier molecular flexibility index (Phi) is 3.80. The zero-order chi connectivity index (χ0) is 13.2. The molecule has 1 saturated heterocycles. The van der Waals surface area contributed by atoms with E-state index in [0.717, 1.165) is 25.5 Å². The van der Waals surface area contributed by atoms with Crippen LogP contribution in [-0.4, -0.2) is 18.7 Å². The van der Waals surface area contributed by atoms with Crippen molar-refractivity contribution < 1.29 is 17.9 Å². The smallest absolute Gasteiger partial charge is 0.419 e. The van der Waals surface area contributed by atoms with Crippen molar-refractivity contribution in [3.8, 4) is 5.75 Å². The first-order chi connectivity index (χ1) is 8.48. The molecule has 1 aromatic carbocycles. The van der Waals surface area contributed by atoms with E-state index in [-0.39, 0.29) is 17.9 Å². The van der Waals surface area contributed by atoms with Gasteiger partial charge in [-0.2, -0.15) is 13.2 Å². The first-order valence-corrected chi connectivity index (χ1v) is 6.05. The van der Waals surface area contributed by atoms with Gasteiger partial charge in [0.2, 0.25) is 0 Å². The normalized spacial score (nSPS) is 21.9. The molecule has 2 atom stereocenters. The van der Waals surface area contributed by atoms with Crippen molar-refractivity contribution in [1.29, 1.82) is 0 Å². The van der Waals surface area contributed by atoms with Gasteiger partial charge in [0, 0.05) is 6.04 Å². The van der Waals surface area contributed by atoms with E-state index in [2.05, 4.69) is 5.32 Å². The Hall–Kier alpha value is -1.23. The van der Waals surface area contributed by atoms with Gasteiger partial charge in [0.15, 0.2) is 0 Å². The number of nitrogens with one attached hydrogen (secondary N) is 1. The first-order valence-electron chi connectivity index (χ1n) is 6.05. The van der Waals surface area contributed by atoms with Gasteiger partial charge in [0.1, 0.15) is 11.9 Å². The Morgan fingerprint density at radius 2 is 2.06 bits per heavy atom. The SMILES string of the molecule is CC(Oc1ccccc1C(F)(F)F)C1CCCN1. The van der Waals surface area contributed by atoms with Crippen LogP contribution in [0.25, 0.3) is 0 Å². The van der Waals surface area contributed by atoms with E-state index >= 15 is 0 Å². The summed E-state index contributed by atoms with van der Waals surface area (Å²) < 4.78 is 43.8. The van der Waals surface area contributed by atoms with Crippen molar-refractivity contribution in [2.75, 3.05) is 6.54 Å². The third-order valence-electron chi connectivity index (χ3n) is 3.17. The highest BCUT2D eigenvalue weighted by atomic mass is 19.4. The van der Waals surface area contributed by atoms with Crippen LogP contribution in [-0.2, 0) is 6.18 Å². The van der Waals surface area contributed by atoms with Crippen molar-refractivity contribution in [2.45, 2.75) is 38.1 Å². The summed E-state index contributed by atoms with van der Waals surface area (Å²) in [5, 5.41) is 3.23. The van der Waals surface area contributed by atoms with Gasteiger partial charge in [-0.25, -0.2) is 0 Å². The molecule has 18 heavy (non-hydrogen) atoms. The van der Waals surface area contributed by atoms with Crippen LogP contribution < -0.4 is 10.1 Å². The molecule has 1 aromatic rings. The minimum absolute atomic E-state index is 0.0915. The summed E-state index contributed by atoms with van der Waals surface area (Å²) in [5.74, 6) is -0.0915. The molecular weight excluding hydrogens is 243 g/mol.